The van der Waals surface area contributed by atoms with Crippen LogP contribution in [0, 0.1) is 24.7 Å². The summed E-state index contributed by atoms with van der Waals surface area (Å²) in [6.07, 6.45) is 10.2. The van der Waals surface area contributed by atoms with Crippen molar-refractivity contribution in [2.24, 2.45) is 17.8 Å². The first-order valence-electron chi connectivity index (χ1n) is 12.1. The molecule has 2 fully saturated rings. The molecule has 1 aromatic rings. The van der Waals surface area contributed by atoms with Crippen LogP contribution in [-0.2, 0) is 16.0 Å². The number of hydrogen-bond donors (Lipinski definition) is 2. The van der Waals surface area contributed by atoms with E-state index in [4.69, 9.17) is 4.74 Å². The Bertz CT molecular complexity index is 842. The maximum Gasteiger partial charge on any atom is 0.224 e. The molecule has 5 heteroatoms. The molecule has 0 aromatic heterocycles. The Hall–Kier alpha value is -1.95. The van der Waals surface area contributed by atoms with Crippen LogP contribution >= 0.6 is 0 Å². The largest absolute Gasteiger partial charge is 0.392 e. The second-order valence-corrected chi connectivity index (χ2v) is 9.77. The van der Waals surface area contributed by atoms with E-state index in [9.17, 15) is 15.0 Å². The highest BCUT2D eigenvalue weighted by molar-refractivity contribution is 5.76. The van der Waals surface area contributed by atoms with Crippen LogP contribution < -0.4 is 0 Å². The number of ether oxygens (including phenoxy) is 1. The number of rotatable bonds is 9. The summed E-state index contributed by atoms with van der Waals surface area (Å²) in [5.74, 6) is 1.02. The van der Waals surface area contributed by atoms with Gasteiger partial charge in [-0.1, -0.05) is 48.1 Å². The fourth-order valence-electron chi connectivity index (χ4n) is 5.60. The molecular weight excluding hydrogens is 402 g/mol. The van der Waals surface area contributed by atoms with Crippen molar-refractivity contribution in [2.45, 2.75) is 57.7 Å². The Morgan fingerprint density at radius 1 is 1.31 bits per heavy atom. The molecule has 1 saturated heterocycles. The molecule has 3 aliphatic rings. The first-order valence-corrected chi connectivity index (χ1v) is 12.1. The molecule has 0 spiro atoms. The summed E-state index contributed by atoms with van der Waals surface area (Å²) in [5.41, 5.74) is 3.59. The summed E-state index contributed by atoms with van der Waals surface area (Å²) in [5, 5.41) is 21.0. The minimum Gasteiger partial charge on any atom is -0.392 e. The lowest BCUT2D eigenvalue weighted by Gasteiger charge is -2.19. The molecule has 0 bridgehead atoms. The monoisotopic (exact) mass is 439 g/mol. The van der Waals surface area contributed by atoms with E-state index in [0.29, 0.717) is 37.9 Å². The molecule has 1 amide bonds. The highest BCUT2D eigenvalue weighted by atomic mass is 16.5. The number of benzene rings is 1. The zero-order valence-corrected chi connectivity index (χ0v) is 19.2. The van der Waals surface area contributed by atoms with E-state index >= 15 is 0 Å². The molecule has 4 rings (SSSR count). The molecule has 0 unspecified atom stereocenters. The van der Waals surface area contributed by atoms with E-state index in [0.717, 1.165) is 44.3 Å². The lowest BCUT2D eigenvalue weighted by atomic mass is 9.89. The fraction of sp³-hybridized carbons (Fsp3) is 0.593. The summed E-state index contributed by atoms with van der Waals surface area (Å²) in [6.45, 7) is 4.89. The molecule has 2 aliphatic carbocycles. The summed E-state index contributed by atoms with van der Waals surface area (Å²) >= 11 is 0. The molecule has 1 heterocycles. The van der Waals surface area contributed by atoms with Gasteiger partial charge in [0.25, 0.3) is 0 Å². The van der Waals surface area contributed by atoms with Crippen molar-refractivity contribution < 1.29 is 19.7 Å². The maximum absolute atomic E-state index is 12.1. The molecule has 174 valence electrons. The summed E-state index contributed by atoms with van der Waals surface area (Å²) in [7, 11) is 0. The third-order valence-corrected chi connectivity index (χ3v) is 7.24. The van der Waals surface area contributed by atoms with E-state index in [2.05, 4.69) is 25.1 Å². The van der Waals surface area contributed by atoms with Gasteiger partial charge in [0.05, 0.1) is 31.8 Å². The average Bonchev–Trinajstić information content (AvgIpc) is 3.47. The number of carbonyl (C=O) groups excluding carboxylic acids is 1. The number of hydrogen-bond acceptors (Lipinski definition) is 4. The van der Waals surface area contributed by atoms with E-state index < -0.39 is 6.10 Å². The molecule has 1 aromatic carbocycles. The van der Waals surface area contributed by atoms with Gasteiger partial charge in [-0.3, -0.25) is 4.79 Å². The number of amides is 1. The van der Waals surface area contributed by atoms with E-state index in [1.54, 1.807) is 0 Å². The Morgan fingerprint density at radius 2 is 2.12 bits per heavy atom. The van der Waals surface area contributed by atoms with E-state index in [-0.39, 0.29) is 17.9 Å². The smallest absolute Gasteiger partial charge is 0.224 e. The van der Waals surface area contributed by atoms with Gasteiger partial charge in [0, 0.05) is 25.4 Å². The number of aryl methyl sites for hydroxylation is 1. The van der Waals surface area contributed by atoms with Gasteiger partial charge >= 0.3 is 0 Å². The van der Waals surface area contributed by atoms with Crippen LogP contribution in [0.5, 0.6) is 0 Å². The first-order chi connectivity index (χ1) is 15.5. The third-order valence-electron chi connectivity index (χ3n) is 7.24. The first kappa shape index (κ1) is 23.2. The summed E-state index contributed by atoms with van der Waals surface area (Å²) in [4.78, 5) is 14.1. The fourth-order valence-corrected chi connectivity index (χ4v) is 5.60. The van der Waals surface area contributed by atoms with Crippen LogP contribution in [-0.4, -0.2) is 59.5 Å². The Labute approximate surface area is 191 Å². The van der Waals surface area contributed by atoms with Crippen molar-refractivity contribution in [1.29, 1.82) is 0 Å². The second-order valence-electron chi connectivity index (χ2n) is 9.77. The van der Waals surface area contributed by atoms with Crippen LogP contribution in [0.2, 0.25) is 0 Å². The quantitative estimate of drug-likeness (QED) is 0.457. The number of carbonyl (C=O) groups is 1. The molecule has 32 heavy (non-hydrogen) atoms. The predicted molar refractivity (Wildman–Crippen MR) is 125 cm³/mol. The van der Waals surface area contributed by atoms with Gasteiger partial charge in [0.2, 0.25) is 5.91 Å². The van der Waals surface area contributed by atoms with Gasteiger partial charge in [0.1, 0.15) is 0 Å². The number of likely N-dealkylation sites (tertiary alicyclic amines) is 1. The Morgan fingerprint density at radius 3 is 2.91 bits per heavy atom. The highest BCUT2D eigenvalue weighted by Crippen LogP contribution is 2.47. The number of allylic oxidation sites excluding steroid dienone is 1. The van der Waals surface area contributed by atoms with Crippen molar-refractivity contribution in [2.75, 3.05) is 26.3 Å². The van der Waals surface area contributed by atoms with Gasteiger partial charge in [0.15, 0.2) is 0 Å². The SMILES string of the molecule is Cc1cccc(C[C@@H](O)C=C[C@@H]2[C@H]3CC(COCCC(=O)N4CCCC4)=C[C@H]3C[C@H]2O)c1. The van der Waals surface area contributed by atoms with Crippen LogP contribution in [0.1, 0.15) is 43.2 Å². The van der Waals surface area contributed by atoms with Gasteiger partial charge in [-0.05, 0) is 55.6 Å². The molecule has 1 aliphatic heterocycles. The molecule has 5 nitrogen and oxygen atoms in total. The van der Waals surface area contributed by atoms with Gasteiger partial charge < -0.3 is 19.8 Å². The molecular formula is C27H37NO4. The third kappa shape index (κ3) is 5.89. The molecule has 1 saturated carbocycles. The highest BCUT2D eigenvalue weighted by Gasteiger charge is 2.43. The minimum absolute atomic E-state index is 0.0673. The molecule has 5 atom stereocenters. The lowest BCUT2D eigenvalue weighted by molar-refractivity contribution is -0.131. The summed E-state index contributed by atoms with van der Waals surface area (Å²) < 4.78 is 5.81. The van der Waals surface area contributed by atoms with Crippen molar-refractivity contribution in [3.8, 4) is 0 Å². The number of aliphatic hydroxyl groups excluding tert-OH is 2. The van der Waals surface area contributed by atoms with Crippen LogP contribution in [0.15, 0.2) is 48.1 Å². The lowest BCUT2D eigenvalue weighted by Crippen LogP contribution is -2.28. The van der Waals surface area contributed by atoms with Crippen molar-refractivity contribution in [1.82, 2.24) is 4.90 Å². The zero-order chi connectivity index (χ0) is 22.5. The molecule has 2 N–H and O–H groups in total. The Balaban J connectivity index is 1.22. The normalized spacial score (nSPS) is 28.3. The van der Waals surface area contributed by atoms with Gasteiger partial charge in [-0.25, -0.2) is 0 Å². The second kappa shape index (κ2) is 10.8. The zero-order valence-electron chi connectivity index (χ0n) is 19.2. The van der Waals surface area contributed by atoms with E-state index in [1.807, 2.05) is 29.2 Å². The molecule has 0 radical (unpaired) electrons. The number of aliphatic hydroxyl groups is 2. The van der Waals surface area contributed by atoms with Crippen molar-refractivity contribution >= 4 is 5.91 Å². The van der Waals surface area contributed by atoms with Crippen LogP contribution in [0.3, 0.4) is 0 Å². The van der Waals surface area contributed by atoms with Crippen molar-refractivity contribution in [3.63, 3.8) is 0 Å². The van der Waals surface area contributed by atoms with Gasteiger partial charge in [-0.15, -0.1) is 0 Å². The van der Waals surface area contributed by atoms with Crippen LogP contribution in [0.4, 0.5) is 0 Å². The number of fused-ring (bicyclic) bond motifs is 1. The predicted octanol–water partition coefficient (Wildman–Crippen LogP) is 3.43. The minimum atomic E-state index is -0.548. The van der Waals surface area contributed by atoms with Crippen molar-refractivity contribution in [3.05, 3.63) is 59.2 Å². The average molecular weight is 440 g/mol. The van der Waals surface area contributed by atoms with E-state index in [1.165, 1.54) is 11.1 Å². The summed E-state index contributed by atoms with van der Waals surface area (Å²) in [6, 6.07) is 8.21. The maximum atomic E-state index is 12.1. The standard InChI is InChI=1S/C27H37NO4/c1-19-5-4-6-20(13-19)15-23(29)7-8-24-25-16-21(14-22(25)17-26(24)30)18-32-12-9-27(31)28-10-2-3-11-28/h4-8,13-14,22-26,29-30H,2-3,9-12,15-18H2,1H3/t22-,23-,24+,25-,26+/m0/s1. The van der Waals surface area contributed by atoms with Crippen LogP contribution in [0.25, 0.3) is 0 Å². The Kier molecular flexibility index (Phi) is 7.82. The number of nitrogens with zero attached hydrogens (tertiary/aromatic N) is 1. The topological polar surface area (TPSA) is 70.0 Å². The van der Waals surface area contributed by atoms with Gasteiger partial charge in [-0.2, -0.15) is 0 Å².